The minimum atomic E-state index is -3.51. The van der Waals surface area contributed by atoms with Gasteiger partial charge in [-0.2, -0.15) is 14.7 Å². The smallest absolute Gasteiger partial charge is 0.243 e. The molecule has 1 aromatic carbocycles. The van der Waals surface area contributed by atoms with Crippen LogP contribution in [-0.2, 0) is 21.2 Å². The zero-order chi connectivity index (χ0) is 25.0. The summed E-state index contributed by atoms with van der Waals surface area (Å²) in [5.41, 5.74) is 4.31. The molecule has 0 aliphatic rings. The number of benzene rings is 1. The molecule has 0 aliphatic heterocycles. The molecule has 0 saturated heterocycles. The van der Waals surface area contributed by atoms with Crippen molar-refractivity contribution >= 4 is 21.6 Å². The van der Waals surface area contributed by atoms with Crippen molar-refractivity contribution in [1.29, 1.82) is 5.26 Å². The van der Waals surface area contributed by atoms with Crippen molar-refractivity contribution in [1.82, 2.24) is 24.2 Å². The highest BCUT2D eigenvalue weighted by molar-refractivity contribution is 7.89. The van der Waals surface area contributed by atoms with Crippen LogP contribution in [0.1, 0.15) is 61.3 Å². The molecule has 9 nitrogen and oxygen atoms in total. The fraction of sp³-hybridized carbons (Fsp3) is 0.417. The second-order valence-corrected chi connectivity index (χ2v) is 10.1. The summed E-state index contributed by atoms with van der Waals surface area (Å²) in [6.45, 7) is 10.1. The van der Waals surface area contributed by atoms with Gasteiger partial charge in [0.05, 0.1) is 17.1 Å². The Labute approximate surface area is 200 Å². The molecule has 3 rings (SSSR count). The fourth-order valence-corrected chi connectivity index (χ4v) is 5.49. The number of hydrogen-bond acceptors (Lipinski definition) is 6. The molecule has 0 bridgehead atoms. The summed E-state index contributed by atoms with van der Waals surface area (Å²) < 4.78 is 28.4. The van der Waals surface area contributed by atoms with Gasteiger partial charge in [0.2, 0.25) is 15.9 Å². The summed E-state index contributed by atoms with van der Waals surface area (Å²) in [4.78, 5) is 17.4. The molecular weight excluding hydrogens is 452 g/mol. The lowest BCUT2D eigenvalue weighted by atomic mass is 10.0. The minimum absolute atomic E-state index is 0.121. The molecule has 0 spiro atoms. The predicted molar refractivity (Wildman–Crippen MR) is 129 cm³/mol. The average molecular weight is 483 g/mol. The Morgan fingerprint density at radius 3 is 2.44 bits per heavy atom. The molecule has 0 radical (unpaired) electrons. The summed E-state index contributed by atoms with van der Waals surface area (Å²) >= 11 is 0. The van der Waals surface area contributed by atoms with Crippen LogP contribution in [0.15, 0.2) is 35.4 Å². The van der Waals surface area contributed by atoms with Crippen LogP contribution in [-0.4, -0.2) is 46.3 Å². The number of carbonyl (C=O) groups excluding carboxylic acids is 1. The van der Waals surface area contributed by atoms with E-state index in [9.17, 15) is 18.5 Å². The van der Waals surface area contributed by atoms with Crippen LogP contribution in [0.5, 0.6) is 0 Å². The summed E-state index contributed by atoms with van der Waals surface area (Å²) in [6, 6.07) is 8.45. The van der Waals surface area contributed by atoms with E-state index in [-0.39, 0.29) is 23.3 Å². The third kappa shape index (κ3) is 4.95. The van der Waals surface area contributed by atoms with Crippen molar-refractivity contribution in [3.63, 3.8) is 0 Å². The van der Waals surface area contributed by atoms with Crippen molar-refractivity contribution in [2.24, 2.45) is 0 Å². The standard InChI is InChI=1S/C24H30N6O3S/c1-6-29(7-2)34(32,33)21-10-8-19(9-11-21)16(3)27-23(31)13-12-22-17(4)28-24-20(14-25)15-26-30(24)18(22)5/h8-11,15-16H,6-7,12-13H2,1-5H3,(H,27,31). The molecular formula is C24H30N6O3S. The number of nitrogens with zero attached hydrogens (tertiary/aromatic N) is 5. The summed E-state index contributed by atoms with van der Waals surface area (Å²) in [7, 11) is -3.51. The van der Waals surface area contributed by atoms with E-state index in [0.29, 0.717) is 30.7 Å². The van der Waals surface area contributed by atoms with Crippen LogP contribution in [0.25, 0.3) is 5.65 Å². The van der Waals surface area contributed by atoms with Gasteiger partial charge in [-0.25, -0.2) is 17.9 Å². The van der Waals surface area contributed by atoms with Crippen molar-refractivity contribution in [3.8, 4) is 6.07 Å². The van der Waals surface area contributed by atoms with Gasteiger partial charge in [-0.15, -0.1) is 0 Å². The lowest BCUT2D eigenvalue weighted by Crippen LogP contribution is -2.30. The van der Waals surface area contributed by atoms with Crippen LogP contribution in [0.4, 0.5) is 0 Å². The van der Waals surface area contributed by atoms with E-state index < -0.39 is 10.0 Å². The Kier molecular flexibility index (Phi) is 7.69. The third-order valence-corrected chi connectivity index (χ3v) is 8.10. The first-order valence-corrected chi connectivity index (χ1v) is 12.7. The number of aryl methyl sites for hydroxylation is 2. The summed E-state index contributed by atoms with van der Waals surface area (Å²) in [5, 5.41) is 16.4. The molecule has 1 N–H and O–H groups in total. The van der Waals surface area contributed by atoms with Crippen molar-refractivity contribution in [3.05, 3.63) is 58.5 Å². The Balaban J connectivity index is 1.66. The normalized spacial score (nSPS) is 12.6. The van der Waals surface area contributed by atoms with E-state index in [2.05, 4.69) is 21.5 Å². The van der Waals surface area contributed by atoms with E-state index in [4.69, 9.17) is 0 Å². The van der Waals surface area contributed by atoms with Crippen molar-refractivity contribution < 1.29 is 13.2 Å². The van der Waals surface area contributed by atoms with Gasteiger partial charge in [-0.1, -0.05) is 26.0 Å². The van der Waals surface area contributed by atoms with Crippen LogP contribution in [0, 0.1) is 25.2 Å². The molecule has 0 aliphatic carbocycles. The second kappa shape index (κ2) is 10.3. The highest BCUT2D eigenvalue weighted by atomic mass is 32.2. The molecule has 2 heterocycles. The molecule has 3 aromatic rings. The van der Waals surface area contributed by atoms with Crippen molar-refractivity contribution in [2.45, 2.75) is 58.4 Å². The Bertz CT molecular complexity index is 1340. The first kappa shape index (κ1) is 25.3. The molecule has 34 heavy (non-hydrogen) atoms. The molecule has 1 atom stereocenters. The number of hydrogen-bond donors (Lipinski definition) is 1. The maximum absolute atomic E-state index is 12.7. The second-order valence-electron chi connectivity index (χ2n) is 8.11. The van der Waals surface area contributed by atoms with Crippen LogP contribution in [0.3, 0.4) is 0 Å². The number of nitriles is 1. The quantitative estimate of drug-likeness (QED) is 0.500. The van der Waals surface area contributed by atoms with Crippen LogP contribution < -0.4 is 5.32 Å². The van der Waals surface area contributed by atoms with Crippen molar-refractivity contribution in [2.75, 3.05) is 13.1 Å². The molecule has 10 heteroatoms. The molecule has 1 unspecified atom stereocenters. The van der Waals surface area contributed by atoms with Gasteiger partial charge < -0.3 is 5.32 Å². The molecule has 2 aromatic heterocycles. The molecule has 0 saturated carbocycles. The van der Waals surface area contributed by atoms with Gasteiger partial charge in [-0.05, 0) is 50.5 Å². The zero-order valence-electron chi connectivity index (χ0n) is 20.2. The highest BCUT2D eigenvalue weighted by Gasteiger charge is 2.22. The van der Waals surface area contributed by atoms with Gasteiger partial charge in [0, 0.05) is 30.9 Å². The first-order chi connectivity index (χ1) is 16.1. The monoisotopic (exact) mass is 482 g/mol. The van der Waals surface area contributed by atoms with E-state index in [1.807, 2.05) is 34.6 Å². The fourth-order valence-electron chi connectivity index (χ4n) is 4.03. The number of fused-ring (bicyclic) bond motifs is 1. The van der Waals surface area contributed by atoms with E-state index >= 15 is 0 Å². The lowest BCUT2D eigenvalue weighted by Gasteiger charge is -2.19. The summed E-state index contributed by atoms with van der Waals surface area (Å²) in [6.07, 6.45) is 2.24. The van der Waals surface area contributed by atoms with Crippen LogP contribution >= 0.6 is 0 Å². The summed E-state index contributed by atoms with van der Waals surface area (Å²) in [5.74, 6) is -0.121. The molecule has 1 amide bonds. The Hall–Kier alpha value is -3.29. The zero-order valence-corrected chi connectivity index (χ0v) is 21.0. The highest BCUT2D eigenvalue weighted by Crippen LogP contribution is 2.21. The topological polar surface area (TPSA) is 120 Å². The maximum atomic E-state index is 12.7. The van der Waals surface area contributed by atoms with E-state index in [0.717, 1.165) is 22.5 Å². The maximum Gasteiger partial charge on any atom is 0.243 e. The van der Waals surface area contributed by atoms with Gasteiger partial charge >= 0.3 is 0 Å². The average Bonchev–Trinajstić information content (AvgIpc) is 3.22. The largest absolute Gasteiger partial charge is 0.350 e. The number of rotatable bonds is 9. The van der Waals surface area contributed by atoms with E-state index in [1.54, 1.807) is 28.8 Å². The van der Waals surface area contributed by atoms with Gasteiger partial charge in [-0.3, -0.25) is 4.79 Å². The van der Waals surface area contributed by atoms with Crippen LogP contribution in [0.2, 0.25) is 0 Å². The SMILES string of the molecule is CCN(CC)S(=O)(=O)c1ccc(C(C)NC(=O)CCc2c(C)nc3c(C#N)cnn3c2C)cc1. The number of nitrogens with one attached hydrogen (secondary N) is 1. The lowest BCUT2D eigenvalue weighted by molar-refractivity contribution is -0.121. The Morgan fingerprint density at radius 1 is 1.21 bits per heavy atom. The Morgan fingerprint density at radius 2 is 1.85 bits per heavy atom. The van der Waals surface area contributed by atoms with Gasteiger partial charge in [0.15, 0.2) is 5.65 Å². The minimum Gasteiger partial charge on any atom is -0.350 e. The number of aromatic nitrogens is 3. The van der Waals surface area contributed by atoms with E-state index in [1.165, 1.54) is 10.5 Å². The van der Waals surface area contributed by atoms with Gasteiger partial charge in [0.1, 0.15) is 11.6 Å². The molecule has 180 valence electrons. The molecule has 0 fully saturated rings. The number of carbonyl (C=O) groups is 1. The number of amides is 1. The third-order valence-electron chi connectivity index (χ3n) is 6.03. The number of sulfonamides is 1. The predicted octanol–water partition coefficient (Wildman–Crippen LogP) is 3.06. The van der Waals surface area contributed by atoms with Gasteiger partial charge in [0.25, 0.3) is 0 Å². The first-order valence-electron chi connectivity index (χ1n) is 11.3.